The van der Waals surface area contributed by atoms with Gasteiger partial charge in [0.1, 0.15) is 11.5 Å². The highest BCUT2D eigenvalue weighted by atomic mass is 79.9. The minimum Gasteiger partial charge on any atom is -0.456 e. The molecular weight excluding hydrogens is 308 g/mol. The summed E-state index contributed by atoms with van der Waals surface area (Å²) in [4.78, 5) is 24.4. The van der Waals surface area contributed by atoms with Gasteiger partial charge in [0.2, 0.25) is 0 Å². The average molecular weight is 325 g/mol. The topological polar surface area (TPSA) is 43.4 Å². The molecule has 0 bridgehead atoms. The lowest BCUT2D eigenvalue weighted by Crippen LogP contribution is -2.47. The third-order valence-electron chi connectivity index (χ3n) is 3.70. The second-order valence-corrected chi connectivity index (χ2v) is 6.30. The lowest BCUT2D eigenvalue weighted by atomic mass is 9.74. The molecule has 0 unspecified atom stereocenters. The maximum atomic E-state index is 12.4. The molecule has 102 valence electrons. The predicted molar refractivity (Wildman–Crippen MR) is 75.5 cm³/mol. The van der Waals surface area contributed by atoms with E-state index in [2.05, 4.69) is 15.9 Å². The number of ketones is 1. The predicted octanol–water partition coefficient (Wildman–Crippen LogP) is 3.67. The van der Waals surface area contributed by atoms with E-state index in [0.717, 1.165) is 10.0 Å². The van der Waals surface area contributed by atoms with Gasteiger partial charge in [0.25, 0.3) is 0 Å². The quantitative estimate of drug-likeness (QED) is 0.615. The van der Waals surface area contributed by atoms with Crippen LogP contribution in [0.1, 0.15) is 38.9 Å². The second-order valence-electron chi connectivity index (χ2n) is 5.38. The highest BCUT2D eigenvalue weighted by molar-refractivity contribution is 9.10. The van der Waals surface area contributed by atoms with Crippen molar-refractivity contribution in [3.05, 3.63) is 34.3 Å². The number of hydrogen-bond donors (Lipinski definition) is 0. The molecule has 3 nitrogen and oxygen atoms in total. The summed E-state index contributed by atoms with van der Waals surface area (Å²) in [7, 11) is 0. The average Bonchev–Trinajstić information content (AvgIpc) is 2.37. The van der Waals surface area contributed by atoms with Crippen molar-refractivity contribution < 1.29 is 14.3 Å². The zero-order valence-corrected chi connectivity index (χ0v) is 12.9. The van der Waals surface area contributed by atoms with Crippen LogP contribution in [0.25, 0.3) is 0 Å². The SMILES string of the molecule is CC[C@@H]1C(=O)C(C)(C)C(=O)O[C@H]1c1ccc(Br)cc1. The fraction of sp³-hybridized carbons (Fsp3) is 0.467. The molecule has 0 radical (unpaired) electrons. The fourth-order valence-corrected chi connectivity index (χ4v) is 2.66. The second kappa shape index (κ2) is 5.08. The number of ether oxygens (including phenoxy) is 1. The zero-order valence-electron chi connectivity index (χ0n) is 11.3. The molecule has 0 aliphatic carbocycles. The van der Waals surface area contributed by atoms with Gasteiger partial charge in [0, 0.05) is 4.47 Å². The third-order valence-corrected chi connectivity index (χ3v) is 4.23. The van der Waals surface area contributed by atoms with E-state index in [4.69, 9.17) is 4.74 Å². The maximum Gasteiger partial charge on any atom is 0.319 e. The summed E-state index contributed by atoms with van der Waals surface area (Å²) in [6, 6.07) is 7.55. The lowest BCUT2D eigenvalue weighted by molar-refractivity contribution is -0.179. The molecule has 1 aliphatic heterocycles. The van der Waals surface area contributed by atoms with Gasteiger partial charge < -0.3 is 4.74 Å². The monoisotopic (exact) mass is 324 g/mol. The molecule has 1 heterocycles. The summed E-state index contributed by atoms with van der Waals surface area (Å²) in [6.45, 7) is 5.22. The zero-order chi connectivity index (χ0) is 14.2. The van der Waals surface area contributed by atoms with Crippen LogP contribution in [-0.2, 0) is 14.3 Å². The smallest absolute Gasteiger partial charge is 0.319 e. The number of Topliss-reactive ketones (excluding diaryl/α,β-unsaturated/α-hetero) is 1. The first-order chi connectivity index (χ1) is 8.87. The first-order valence-corrected chi connectivity index (χ1v) is 7.18. The van der Waals surface area contributed by atoms with Crippen molar-refractivity contribution in [3.63, 3.8) is 0 Å². The molecule has 0 saturated carbocycles. The van der Waals surface area contributed by atoms with Gasteiger partial charge in [0.15, 0.2) is 5.78 Å². The Bertz CT molecular complexity index is 505. The number of benzene rings is 1. The van der Waals surface area contributed by atoms with Gasteiger partial charge in [-0.15, -0.1) is 0 Å². The highest BCUT2D eigenvalue weighted by Gasteiger charge is 2.50. The van der Waals surface area contributed by atoms with Gasteiger partial charge in [-0.25, -0.2) is 0 Å². The number of carbonyl (C=O) groups excluding carboxylic acids is 2. The van der Waals surface area contributed by atoms with Crippen LogP contribution in [0.15, 0.2) is 28.7 Å². The lowest BCUT2D eigenvalue weighted by Gasteiger charge is -2.37. The standard InChI is InChI=1S/C15H17BrO3/c1-4-11-12(9-5-7-10(16)8-6-9)19-14(18)15(2,3)13(11)17/h5-8,11-12H,4H2,1-3H3/t11-,12-/m0/s1. The molecule has 2 atom stereocenters. The van der Waals surface area contributed by atoms with Crippen molar-refractivity contribution in [1.82, 2.24) is 0 Å². The van der Waals surface area contributed by atoms with E-state index >= 15 is 0 Å². The summed E-state index contributed by atoms with van der Waals surface area (Å²) >= 11 is 3.37. The minimum absolute atomic E-state index is 0.0285. The summed E-state index contributed by atoms with van der Waals surface area (Å²) < 4.78 is 6.48. The normalized spacial score (nSPS) is 26.1. The number of rotatable bonds is 2. The molecule has 19 heavy (non-hydrogen) atoms. The van der Waals surface area contributed by atoms with Gasteiger partial charge in [-0.05, 0) is 38.0 Å². The van der Waals surface area contributed by atoms with Crippen LogP contribution in [0.5, 0.6) is 0 Å². The first kappa shape index (κ1) is 14.3. The number of halogens is 1. The molecule has 1 fully saturated rings. The van der Waals surface area contributed by atoms with Crippen molar-refractivity contribution in [3.8, 4) is 0 Å². The van der Waals surface area contributed by atoms with Crippen molar-refractivity contribution in [2.45, 2.75) is 33.3 Å². The number of esters is 1. The Morgan fingerprint density at radius 2 is 1.79 bits per heavy atom. The molecule has 0 aromatic heterocycles. The van der Waals surface area contributed by atoms with Crippen LogP contribution in [0, 0.1) is 11.3 Å². The van der Waals surface area contributed by atoms with E-state index in [1.165, 1.54) is 0 Å². The van der Waals surface area contributed by atoms with Gasteiger partial charge in [-0.2, -0.15) is 0 Å². The van der Waals surface area contributed by atoms with Crippen LogP contribution >= 0.6 is 15.9 Å². The fourth-order valence-electron chi connectivity index (χ4n) is 2.40. The number of hydrogen-bond acceptors (Lipinski definition) is 3. The van der Waals surface area contributed by atoms with Gasteiger partial charge in [-0.1, -0.05) is 35.0 Å². The molecule has 0 N–H and O–H groups in total. The summed E-state index contributed by atoms with van der Waals surface area (Å²) in [6.07, 6.45) is 0.196. The van der Waals surface area contributed by atoms with E-state index in [9.17, 15) is 9.59 Å². The van der Waals surface area contributed by atoms with Crippen LogP contribution in [0.4, 0.5) is 0 Å². The van der Waals surface area contributed by atoms with E-state index in [1.807, 2.05) is 31.2 Å². The molecule has 0 amide bonds. The summed E-state index contributed by atoms with van der Waals surface area (Å²) in [5, 5.41) is 0. The molecular formula is C15H17BrO3. The van der Waals surface area contributed by atoms with Gasteiger partial charge >= 0.3 is 5.97 Å². The first-order valence-electron chi connectivity index (χ1n) is 6.38. The molecule has 2 rings (SSSR count). The van der Waals surface area contributed by atoms with Gasteiger partial charge in [-0.3, -0.25) is 9.59 Å². The molecule has 0 spiro atoms. The van der Waals surface area contributed by atoms with Crippen molar-refractivity contribution in [2.24, 2.45) is 11.3 Å². The van der Waals surface area contributed by atoms with E-state index < -0.39 is 17.5 Å². The van der Waals surface area contributed by atoms with Crippen molar-refractivity contribution in [1.29, 1.82) is 0 Å². The van der Waals surface area contributed by atoms with Crippen molar-refractivity contribution in [2.75, 3.05) is 0 Å². The van der Waals surface area contributed by atoms with Crippen molar-refractivity contribution >= 4 is 27.7 Å². The molecule has 1 aromatic carbocycles. The molecule has 4 heteroatoms. The largest absolute Gasteiger partial charge is 0.456 e. The van der Waals surface area contributed by atoms with E-state index in [0.29, 0.717) is 6.42 Å². The van der Waals surface area contributed by atoms with Crippen LogP contribution in [-0.4, -0.2) is 11.8 Å². The third kappa shape index (κ3) is 2.46. The molecule has 1 saturated heterocycles. The number of carbonyl (C=O) groups is 2. The molecule has 1 aromatic rings. The van der Waals surface area contributed by atoms with E-state index in [1.54, 1.807) is 13.8 Å². The van der Waals surface area contributed by atoms with Crippen LogP contribution < -0.4 is 0 Å². The van der Waals surface area contributed by atoms with Crippen LogP contribution in [0.3, 0.4) is 0 Å². The Labute approximate surface area is 121 Å². The Balaban J connectivity index is 2.38. The van der Waals surface area contributed by atoms with Gasteiger partial charge in [0.05, 0.1) is 5.92 Å². The Kier molecular flexibility index (Phi) is 3.81. The summed E-state index contributed by atoms with van der Waals surface area (Å²) in [5.41, 5.74) is -0.167. The summed E-state index contributed by atoms with van der Waals surface area (Å²) in [5.74, 6) is -0.733. The Morgan fingerprint density at radius 3 is 2.32 bits per heavy atom. The number of cyclic esters (lactones) is 1. The minimum atomic E-state index is -1.04. The highest BCUT2D eigenvalue weighted by Crippen LogP contribution is 2.41. The van der Waals surface area contributed by atoms with E-state index in [-0.39, 0.29) is 11.7 Å². The van der Waals surface area contributed by atoms with Crippen LogP contribution in [0.2, 0.25) is 0 Å². The Morgan fingerprint density at radius 1 is 1.21 bits per heavy atom. The Hall–Kier alpha value is -1.16. The maximum absolute atomic E-state index is 12.4. The molecule has 1 aliphatic rings.